The molecule has 0 saturated heterocycles. The topological polar surface area (TPSA) is 74.9 Å². The highest BCUT2D eigenvalue weighted by atomic mass is 16.3. The van der Waals surface area contributed by atoms with Crippen LogP contribution in [-0.4, -0.2) is 21.8 Å². The molecular formula is C12H15N3O. The van der Waals surface area contributed by atoms with Gasteiger partial charge in [0, 0.05) is 5.56 Å². The van der Waals surface area contributed by atoms with Crippen molar-refractivity contribution in [2.75, 3.05) is 6.54 Å². The third-order valence-corrected chi connectivity index (χ3v) is 2.52. The lowest BCUT2D eigenvalue weighted by atomic mass is 10.0. The van der Waals surface area contributed by atoms with Crippen LogP contribution in [0.15, 0.2) is 30.5 Å². The quantitative estimate of drug-likeness (QED) is 0.729. The standard InChI is InChI=1S/C12H15N3O/c13-7-1-2-10-8-14-15-12(10)9-3-5-11(16)6-4-9/h3-6,8,16H,1-2,7,13H2,(H,14,15). The van der Waals surface area contributed by atoms with Crippen molar-refractivity contribution in [3.63, 3.8) is 0 Å². The van der Waals surface area contributed by atoms with Gasteiger partial charge < -0.3 is 10.8 Å². The van der Waals surface area contributed by atoms with Crippen LogP contribution in [0.3, 0.4) is 0 Å². The van der Waals surface area contributed by atoms with E-state index in [1.165, 1.54) is 0 Å². The van der Waals surface area contributed by atoms with Gasteiger partial charge in [0.25, 0.3) is 0 Å². The Morgan fingerprint density at radius 1 is 1.25 bits per heavy atom. The van der Waals surface area contributed by atoms with Gasteiger partial charge in [-0.3, -0.25) is 5.10 Å². The normalized spacial score (nSPS) is 10.6. The third kappa shape index (κ3) is 2.23. The number of hydrogen-bond donors (Lipinski definition) is 3. The second-order valence-corrected chi connectivity index (χ2v) is 3.71. The summed E-state index contributed by atoms with van der Waals surface area (Å²) in [6, 6.07) is 7.08. The fourth-order valence-electron chi connectivity index (χ4n) is 1.67. The first kappa shape index (κ1) is 10.7. The fraction of sp³-hybridized carbons (Fsp3) is 0.250. The van der Waals surface area contributed by atoms with Crippen LogP contribution in [0.4, 0.5) is 0 Å². The van der Waals surface area contributed by atoms with Crippen LogP contribution in [0.2, 0.25) is 0 Å². The molecule has 0 bridgehead atoms. The van der Waals surface area contributed by atoms with Gasteiger partial charge in [-0.2, -0.15) is 5.10 Å². The Balaban J connectivity index is 2.26. The number of H-pyrrole nitrogens is 1. The van der Waals surface area contributed by atoms with Crippen LogP contribution >= 0.6 is 0 Å². The number of aromatic hydroxyl groups is 1. The molecule has 1 aromatic carbocycles. The Hall–Kier alpha value is -1.81. The summed E-state index contributed by atoms with van der Waals surface area (Å²) in [5.41, 5.74) is 8.69. The first-order valence-electron chi connectivity index (χ1n) is 5.33. The van der Waals surface area contributed by atoms with E-state index in [9.17, 15) is 5.11 Å². The van der Waals surface area contributed by atoms with Crippen molar-refractivity contribution in [1.29, 1.82) is 0 Å². The zero-order valence-corrected chi connectivity index (χ0v) is 8.98. The minimum Gasteiger partial charge on any atom is -0.508 e. The van der Waals surface area contributed by atoms with E-state index in [0.29, 0.717) is 6.54 Å². The molecule has 1 aromatic heterocycles. The molecule has 2 aromatic rings. The molecule has 1 heterocycles. The van der Waals surface area contributed by atoms with Crippen LogP contribution in [0.5, 0.6) is 5.75 Å². The molecule has 0 amide bonds. The maximum atomic E-state index is 9.22. The monoisotopic (exact) mass is 217 g/mol. The molecular weight excluding hydrogens is 202 g/mol. The van der Waals surface area contributed by atoms with Gasteiger partial charge in [-0.05, 0) is 49.2 Å². The molecule has 0 aliphatic rings. The van der Waals surface area contributed by atoms with Crippen LogP contribution in [0.25, 0.3) is 11.3 Å². The van der Waals surface area contributed by atoms with Crippen LogP contribution in [-0.2, 0) is 6.42 Å². The predicted molar refractivity (Wildman–Crippen MR) is 63.1 cm³/mol. The van der Waals surface area contributed by atoms with Crippen molar-refractivity contribution in [2.24, 2.45) is 5.73 Å². The second-order valence-electron chi connectivity index (χ2n) is 3.71. The number of rotatable bonds is 4. The number of nitrogens with two attached hydrogens (primary N) is 1. The average molecular weight is 217 g/mol. The summed E-state index contributed by atoms with van der Waals surface area (Å²) in [7, 11) is 0. The smallest absolute Gasteiger partial charge is 0.115 e. The summed E-state index contributed by atoms with van der Waals surface area (Å²) in [6.07, 6.45) is 3.70. The Labute approximate surface area is 94.1 Å². The molecule has 4 heteroatoms. The van der Waals surface area contributed by atoms with Gasteiger partial charge in [0.15, 0.2) is 0 Å². The van der Waals surface area contributed by atoms with Crippen molar-refractivity contribution in [3.05, 3.63) is 36.0 Å². The molecule has 4 N–H and O–H groups in total. The molecule has 2 rings (SSSR count). The first-order valence-corrected chi connectivity index (χ1v) is 5.33. The van der Waals surface area contributed by atoms with Crippen molar-refractivity contribution in [2.45, 2.75) is 12.8 Å². The van der Waals surface area contributed by atoms with E-state index in [2.05, 4.69) is 10.2 Å². The van der Waals surface area contributed by atoms with Gasteiger partial charge in [-0.15, -0.1) is 0 Å². The number of hydrogen-bond acceptors (Lipinski definition) is 3. The fourth-order valence-corrected chi connectivity index (χ4v) is 1.67. The van der Waals surface area contributed by atoms with Crippen molar-refractivity contribution >= 4 is 0 Å². The number of aromatic nitrogens is 2. The summed E-state index contributed by atoms with van der Waals surface area (Å²) in [4.78, 5) is 0. The van der Waals surface area contributed by atoms with E-state index < -0.39 is 0 Å². The number of nitrogens with zero attached hydrogens (tertiary/aromatic N) is 1. The Bertz CT molecular complexity index is 448. The number of aromatic amines is 1. The molecule has 0 spiro atoms. The summed E-state index contributed by atoms with van der Waals surface area (Å²) in [5.74, 6) is 0.270. The molecule has 0 aliphatic carbocycles. The molecule has 0 saturated carbocycles. The summed E-state index contributed by atoms with van der Waals surface area (Å²) in [5, 5.41) is 16.2. The first-order chi connectivity index (χ1) is 7.81. The molecule has 0 radical (unpaired) electrons. The Morgan fingerprint density at radius 2 is 2.00 bits per heavy atom. The van der Waals surface area contributed by atoms with E-state index in [4.69, 9.17) is 5.73 Å². The zero-order valence-electron chi connectivity index (χ0n) is 8.98. The maximum Gasteiger partial charge on any atom is 0.115 e. The summed E-state index contributed by atoms with van der Waals surface area (Å²) < 4.78 is 0. The van der Waals surface area contributed by atoms with E-state index in [0.717, 1.165) is 29.7 Å². The van der Waals surface area contributed by atoms with Gasteiger partial charge in [0.2, 0.25) is 0 Å². The second kappa shape index (κ2) is 4.81. The highest BCUT2D eigenvalue weighted by Gasteiger charge is 2.06. The predicted octanol–water partition coefficient (Wildman–Crippen LogP) is 1.67. The third-order valence-electron chi connectivity index (χ3n) is 2.52. The molecule has 16 heavy (non-hydrogen) atoms. The highest BCUT2D eigenvalue weighted by Crippen LogP contribution is 2.23. The van der Waals surface area contributed by atoms with Gasteiger partial charge in [-0.1, -0.05) is 0 Å². The van der Waals surface area contributed by atoms with E-state index >= 15 is 0 Å². The molecule has 84 valence electrons. The van der Waals surface area contributed by atoms with Gasteiger partial charge >= 0.3 is 0 Å². The van der Waals surface area contributed by atoms with Crippen molar-refractivity contribution < 1.29 is 5.11 Å². The summed E-state index contributed by atoms with van der Waals surface area (Å²) in [6.45, 7) is 0.681. The van der Waals surface area contributed by atoms with E-state index in [-0.39, 0.29) is 5.75 Å². The van der Waals surface area contributed by atoms with Gasteiger partial charge in [0.1, 0.15) is 5.75 Å². The maximum absolute atomic E-state index is 9.22. The lowest BCUT2D eigenvalue weighted by Gasteiger charge is -2.02. The number of benzene rings is 1. The minimum atomic E-state index is 0.270. The SMILES string of the molecule is NCCCc1cn[nH]c1-c1ccc(O)cc1. The minimum absolute atomic E-state index is 0.270. The van der Waals surface area contributed by atoms with Crippen molar-refractivity contribution in [1.82, 2.24) is 10.2 Å². The lowest BCUT2D eigenvalue weighted by Crippen LogP contribution is -2.00. The average Bonchev–Trinajstić information content (AvgIpc) is 2.75. The summed E-state index contributed by atoms with van der Waals surface area (Å²) >= 11 is 0. The van der Waals surface area contributed by atoms with Gasteiger partial charge in [0.05, 0.1) is 11.9 Å². The highest BCUT2D eigenvalue weighted by molar-refractivity contribution is 5.63. The van der Waals surface area contributed by atoms with Crippen molar-refractivity contribution in [3.8, 4) is 17.0 Å². The van der Waals surface area contributed by atoms with Crippen LogP contribution in [0, 0.1) is 0 Å². The lowest BCUT2D eigenvalue weighted by molar-refractivity contribution is 0.475. The Morgan fingerprint density at radius 3 is 2.69 bits per heavy atom. The van der Waals surface area contributed by atoms with E-state index in [1.807, 2.05) is 18.3 Å². The molecule has 0 aliphatic heterocycles. The number of phenols is 1. The number of nitrogens with one attached hydrogen (secondary N) is 1. The zero-order chi connectivity index (χ0) is 11.4. The van der Waals surface area contributed by atoms with Gasteiger partial charge in [-0.25, -0.2) is 0 Å². The largest absolute Gasteiger partial charge is 0.508 e. The Kier molecular flexibility index (Phi) is 3.22. The number of phenolic OH excluding ortho intramolecular Hbond substituents is 1. The van der Waals surface area contributed by atoms with Crippen LogP contribution < -0.4 is 5.73 Å². The van der Waals surface area contributed by atoms with Crippen LogP contribution in [0.1, 0.15) is 12.0 Å². The molecule has 4 nitrogen and oxygen atoms in total. The number of aryl methyl sites for hydroxylation is 1. The van der Waals surface area contributed by atoms with E-state index in [1.54, 1.807) is 12.1 Å². The molecule has 0 atom stereocenters. The molecule has 0 unspecified atom stereocenters. The molecule has 0 fully saturated rings.